The fourth-order valence-electron chi connectivity index (χ4n) is 2.36. The summed E-state index contributed by atoms with van der Waals surface area (Å²) in [5.74, 6) is -0.0930. The summed E-state index contributed by atoms with van der Waals surface area (Å²) in [4.78, 5) is 12.0. The SMILES string of the molecule is Cc1ccc(NC(=O)C2CC2)c(-n2nc(C(F)(F)F)cc2C)c1. The van der Waals surface area contributed by atoms with Crippen molar-refractivity contribution in [2.24, 2.45) is 5.92 Å². The molecule has 0 atom stereocenters. The Morgan fingerprint density at radius 1 is 1.26 bits per heavy atom. The van der Waals surface area contributed by atoms with Crippen molar-refractivity contribution in [3.63, 3.8) is 0 Å². The lowest BCUT2D eigenvalue weighted by Crippen LogP contribution is -2.16. The van der Waals surface area contributed by atoms with Crippen LogP contribution in [0.15, 0.2) is 24.3 Å². The van der Waals surface area contributed by atoms with Crippen LogP contribution in [0.4, 0.5) is 18.9 Å². The van der Waals surface area contributed by atoms with Crippen LogP contribution in [-0.2, 0) is 11.0 Å². The molecule has 1 aromatic heterocycles. The van der Waals surface area contributed by atoms with Gasteiger partial charge in [0.2, 0.25) is 5.91 Å². The highest BCUT2D eigenvalue weighted by molar-refractivity contribution is 5.95. The van der Waals surface area contributed by atoms with Gasteiger partial charge in [-0.3, -0.25) is 4.79 Å². The molecule has 1 fully saturated rings. The number of nitrogens with one attached hydrogen (secondary N) is 1. The molecule has 2 aromatic rings. The smallest absolute Gasteiger partial charge is 0.324 e. The predicted molar refractivity (Wildman–Crippen MR) is 79.4 cm³/mol. The van der Waals surface area contributed by atoms with Gasteiger partial charge in [0.15, 0.2) is 5.69 Å². The quantitative estimate of drug-likeness (QED) is 0.932. The van der Waals surface area contributed by atoms with Gasteiger partial charge in [0.05, 0.1) is 11.4 Å². The normalized spacial score (nSPS) is 14.8. The van der Waals surface area contributed by atoms with Crippen LogP contribution in [0.25, 0.3) is 5.69 Å². The van der Waals surface area contributed by atoms with E-state index in [0.717, 1.165) is 24.5 Å². The van der Waals surface area contributed by atoms with Crippen molar-refractivity contribution in [2.75, 3.05) is 5.32 Å². The summed E-state index contributed by atoms with van der Waals surface area (Å²) < 4.78 is 39.8. The van der Waals surface area contributed by atoms with E-state index in [9.17, 15) is 18.0 Å². The number of rotatable bonds is 3. The maximum absolute atomic E-state index is 12.9. The second-order valence-corrected chi connectivity index (χ2v) is 5.86. The van der Waals surface area contributed by atoms with Gasteiger partial charge in [-0.2, -0.15) is 18.3 Å². The van der Waals surface area contributed by atoms with E-state index in [1.807, 2.05) is 6.92 Å². The Morgan fingerprint density at radius 3 is 2.52 bits per heavy atom. The highest BCUT2D eigenvalue weighted by atomic mass is 19.4. The van der Waals surface area contributed by atoms with Crippen molar-refractivity contribution in [3.8, 4) is 5.69 Å². The summed E-state index contributed by atoms with van der Waals surface area (Å²) in [7, 11) is 0. The van der Waals surface area contributed by atoms with Crippen LogP contribution < -0.4 is 5.32 Å². The largest absolute Gasteiger partial charge is 0.435 e. The number of benzene rings is 1. The molecule has 0 aliphatic heterocycles. The fourth-order valence-corrected chi connectivity index (χ4v) is 2.36. The standard InChI is InChI=1S/C16H16F3N3O/c1-9-3-6-12(20-15(23)11-4-5-11)13(7-9)22-10(2)8-14(21-22)16(17,18)19/h3,6-8,11H,4-5H2,1-2H3,(H,20,23). The van der Waals surface area contributed by atoms with Gasteiger partial charge in [0, 0.05) is 11.6 Å². The third-order valence-corrected chi connectivity index (χ3v) is 3.77. The van der Waals surface area contributed by atoms with Gasteiger partial charge in [0.1, 0.15) is 0 Å². The van der Waals surface area contributed by atoms with Crippen LogP contribution in [0.5, 0.6) is 0 Å². The van der Waals surface area contributed by atoms with E-state index in [0.29, 0.717) is 17.1 Å². The van der Waals surface area contributed by atoms with Gasteiger partial charge in [-0.15, -0.1) is 0 Å². The van der Waals surface area contributed by atoms with Crippen LogP contribution >= 0.6 is 0 Å². The lowest BCUT2D eigenvalue weighted by Gasteiger charge is -2.13. The Labute approximate surface area is 131 Å². The second-order valence-electron chi connectivity index (χ2n) is 5.86. The zero-order chi connectivity index (χ0) is 16.8. The number of amides is 1. The number of aromatic nitrogens is 2. The molecule has 1 saturated carbocycles. The molecule has 1 aromatic carbocycles. The van der Waals surface area contributed by atoms with E-state index in [1.165, 1.54) is 4.68 Å². The molecular formula is C16H16F3N3O. The van der Waals surface area contributed by atoms with Crippen molar-refractivity contribution in [1.29, 1.82) is 0 Å². The highest BCUT2D eigenvalue weighted by Crippen LogP contribution is 2.33. The Morgan fingerprint density at radius 2 is 1.96 bits per heavy atom. The molecule has 1 heterocycles. The van der Waals surface area contributed by atoms with E-state index in [2.05, 4.69) is 10.4 Å². The maximum Gasteiger partial charge on any atom is 0.435 e. The first kappa shape index (κ1) is 15.6. The average molecular weight is 323 g/mol. The Bertz CT molecular complexity index is 760. The van der Waals surface area contributed by atoms with E-state index in [-0.39, 0.29) is 11.8 Å². The minimum Gasteiger partial charge on any atom is -0.324 e. The third kappa shape index (κ3) is 3.23. The van der Waals surface area contributed by atoms with Gasteiger partial charge >= 0.3 is 6.18 Å². The van der Waals surface area contributed by atoms with Crippen LogP contribution in [-0.4, -0.2) is 15.7 Å². The Kier molecular flexibility index (Phi) is 3.66. The first-order chi connectivity index (χ1) is 10.8. The highest BCUT2D eigenvalue weighted by Gasteiger charge is 2.35. The molecule has 1 aliphatic rings. The lowest BCUT2D eigenvalue weighted by atomic mass is 10.2. The Hall–Kier alpha value is -2.31. The van der Waals surface area contributed by atoms with Gasteiger partial charge in [-0.25, -0.2) is 4.68 Å². The molecule has 7 heteroatoms. The monoisotopic (exact) mass is 323 g/mol. The van der Waals surface area contributed by atoms with Crippen molar-refractivity contribution in [2.45, 2.75) is 32.9 Å². The summed E-state index contributed by atoms with van der Waals surface area (Å²) in [6.45, 7) is 3.39. The van der Waals surface area contributed by atoms with Crippen molar-refractivity contribution < 1.29 is 18.0 Å². The van der Waals surface area contributed by atoms with Crippen LogP contribution in [0.3, 0.4) is 0 Å². The van der Waals surface area contributed by atoms with Gasteiger partial charge in [0.25, 0.3) is 0 Å². The van der Waals surface area contributed by atoms with E-state index >= 15 is 0 Å². The number of halogens is 3. The fraction of sp³-hybridized carbons (Fsp3) is 0.375. The number of hydrogen-bond donors (Lipinski definition) is 1. The van der Waals surface area contributed by atoms with Crippen LogP contribution in [0.2, 0.25) is 0 Å². The van der Waals surface area contributed by atoms with E-state index < -0.39 is 11.9 Å². The molecule has 4 nitrogen and oxygen atoms in total. The second kappa shape index (κ2) is 5.40. The van der Waals surface area contributed by atoms with Crippen LogP contribution in [0.1, 0.15) is 29.8 Å². The van der Waals surface area contributed by atoms with Gasteiger partial charge in [-0.05, 0) is 50.5 Å². The molecule has 0 unspecified atom stereocenters. The van der Waals surface area contributed by atoms with Crippen molar-refractivity contribution in [1.82, 2.24) is 9.78 Å². The Balaban J connectivity index is 2.02. The molecule has 1 amide bonds. The number of nitrogens with zero attached hydrogens (tertiary/aromatic N) is 2. The number of aryl methyl sites for hydroxylation is 2. The summed E-state index contributed by atoms with van der Waals surface area (Å²) in [6, 6.07) is 6.20. The van der Waals surface area contributed by atoms with E-state index in [4.69, 9.17) is 0 Å². The summed E-state index contributed by atoms with van der Waals surface area (Å²) in [6.07, 6.45) is -2.80. The van der Waals surface area contributed by atoms with Crippen molar-refractivity contribution in [3.05, 3.63) is 41.2 Å². The number of carbonyl (C=O) groups excluding carboxylic acids is 1. The molecule has 1 N–H and O–H groups in total. The first-order valence-corrected chi connectivity index (χ1v) is 7.31. The third-order valence-electron chi connectivity index (χ3n) is 3.77. The summed E-state index contributed by atoms with van der Waals surface area (Å²) in [5, 5.41) is 6.45. The first-order valence-electron chi connectivity index (χ1n) is 7.31. The van der Waals surface area contributed by atoms with Crippen molar-refractivity contribution >= 4 is 11.6 Å². The predicted octanol–water partition coefficient (Wildman–Crippen LogP) is 3.86. The van der Waals surface area contributed by atoms with Gasteiger partial charge < -0.3 is 5.32 Å². The zero-order valence-electron chi connectivity index (χ0n) is 12.7. The molecule has 1 aliphatic carbocycles. The minimum absolute atomic E-state index is 0.00797. The molecule has 122 valence electrons. The number of carbonyl (C=O) groups is 1. The molecule has 23 heavy (non-hydrogen) atoms. The summed E-state index contributed by atoms with van der Waals surface area (Å²) >= 11 is 0. The molecule has 0 radical (unpaired) electrons. The van der Waals surface area contributed by atoms with Gasteiger partial charge in [-0.1, -0.05) is 6.07 Å². The lowest BCUT2D eigenvalue weighted by molar-refractivity contribution is -0.141. The molecule has 3 rings (SSSR count). The number of hydrogen-bond acceptors (Lipinski definition) is 2. The van der Waals surface area contributed by atoms with E-state index in [1.54, 1.807) is 25.1 Å². The average Bonchev–Trinajstić information content (AvgIpc) is 3.23. The molecule has 0 saturated heterocycles. The zero-order valence-corrected chi connectivity index (χ0v) is 12.7. The molecular weight excluding hydrogens is 307 g/mol. The van der Waals surface area contributed by atoms with Crippen LogP contribution in [0, 0.1) is 19.8 Å². The molecule has 0 bridgehead atoms. The number of anilines is 1. The minimum atomic E-state index is -4.50. The maximum atomic E-state index is 12.9. The summed E-state index contributed by atoms with van der Waals surface area (Å²) in [5.41, 5.74) is 1.17. The number of alkyl halides is 3. The topological polar surface area (TPSA) is 46.9 Å². The molecule has 0 spiro atoms.